The zero-order valence-electron chi connectivity index (χ0n) is 21.9. The number of allylic oxidation sites excluding steroid dienone is 1. The molecule has 1 atom stereocenters. The Hall–Kier alpha value is -3.27. The summed E-state index contributed by atoms with van der Waals surface area (Å²) in [5.41, 5.74) is 4.61. The third-order valence-corrected chi connectivity index (χ3v) is 5.40. The van der Waals surface area contributed by atoms with Crippen LogP contribution in [-0.2, 0) is 26.2 Å². The lowest BCUT2D eigenvalue weighted by Gasteiger charge is -2.21. The van der Waals surface area contributed by atoms with Gasteiger partial charge in [-0.25, -0.2) is 4.79 Å². The van der Waals surface area contributed by atoms with Gasteiger partial charge in [0.2, 0.25) is 6.29 Å². The van der Waals surface area contributed by atoms with E-state index in [0.29, 0.717) is 29.1 Å². The summed E-state index contributed by atoms with van der Waals surface area (Å²) in [5, 5.41) is 14.8. The lowest BCUT2D eigenvalue weighted by atomic mass is 9.86. The molecule has 0 saturated carbocycles. The average Bonchev–Trinajstić information content (AvgIpc) is 3.05. The molecule has 0 aliphatic carbocycles. The van der Waals surface area contributed by atoms with Gasteiger partial charge in [0.05, 0.1) is 12.3 Å². The number of hydrogen-bond acceptors (Lipinski definition) is 6. The maximum atomic E-state index is 12.1. The van der Waals surface area contributed by atoms with Crippen molar-refractivity contribution in [3.63, 3.8) is 0 Å². The van der Waals surface area contributed by atoms with E-state index in [-0.39, 0.29) is 17.9 Å². The van der Waals surface area contributed by atoms with Crippen LogP contribution in [-0.4, -0.2) is 28.8 Å². The molecule has 1 heterocycles. The van der Waals surface area contributed by atoms with Crippen LogP contribution in [0.3, 0.4) is 0 Å². The molecule has 7 nitrogen and oxygen atoms in total. The number of aryl methyl sites for hydroxylation is 2. The lowest BCUT2D eigenvalue weighted by Crippen LogP contribution is -2.21. The number of ether oxygens (including phenoxy) is 3. The van der Waals surface area contributed by atoms with E-state index < -0.39 is 12.4 Å². The van der Waals surface area contributed by atoms with Crippen molar-refractivity contribution < 1.29 is 19.0 Å². The van der Waals surface area contributed by atoms with Crippen molar-refractivity contribution in [3.8, 4) is 6.07 Å². The first-order valence-electron chi connectivity index (χ1n) is 11.7. The molecule has 0 saturated heterocycles. The van der Waals surface area contributed by atoms with E-state index in [2.05, 4.69) is 31.9 Å². The Kier molecular flexibility index (Phi) is 8.92. The first-order valence-corrected chi connectivity index (χ1v) is 11.7. The van der Waals surface area contributed by atoms with E-state index in [1.807, 2.05) is 58.9 Å². The van der Waals surface area contributed by atoms with Crippen molar-refractivity contribution >= 4 is 17.5 Å². The van der Waals surface area contributed by atoms with Crippen LogP contribution in [0.25, 0.3) is 11.3 Å². The summed E-state index contributed by atoms with van der Waals surface area (Å²) in [4.78, 5) is 12.1. The largest absolute Gasteiger partial charge is 0.511 e. The van der Waals surface area contributed by atoms with Crippen LogP contribution in [0.15, 0.2) is 24.3 Å². The summed E-state index contributed by atoms with van der Waals surface area (Å²) >= 11 is 0. The van der Waals surface area contributed by atoms with Gasteiger partial charge in [0.1, 0.15) is 17.3 Å². The highest BCUT2D eigenvalue weighted by Crippen LogP contribution is 2.33. The predicted octanol–water partition coefficient (Wildman–Crippen LogP) is 6.38. The minimum Gasteiger partial charge on any atom is -0.451 e. The van der Waals surface area contributed by atoms with Gasteiger partial charge >= 0.3 is 6.16 Å². The van der Waals surface area contributed by atoms with E-state index in [9.17, 15) is 10.1 Å². The van der Waals surface area contributed by atoms with Crippen molar-refractivity contribution in [1.82, 2.24) is 9.78 Å². The van der Waals surface area contributed by atoms with Crippen molar-refractivity contribution in [2.24, 2.45) is 5.92 Å². The number of nitriles is 1. The molecule has 1 aromatic heterocycles. The maximum absolute atomic E-state index is 12.1. The Bertz CT molecular complexity index is 1070. The Labute approximate surface area is 203 Å². The number of carbonyl (C=O) groups is 1. The van der Waals surface area contributed by atoms with E-state index >= 15 is 0 Å². The Morgan fingerprint density at radius 1 is 1.12 bits per heavy atom. The second-order valence-electron chi connectivity index (χ2n) is 9.78. The van der Waals surface area contributed by atoms with Gasteiger partial charge in [0.25, 0.3) is 0 Å². The minimum absolute atomic E-state index is 0.0123. The van der Waals surface area contributed by atoms with E-state index in [4.69, 9.17) is 14.2 Å². The van der Waals surface area contributed by atoms with E-state index in [1.165, 1.54) is 0 Å². The topological polar surface area (TPSA) is 86.4 Å². The summed E-state index contributed by atoms with van der Waals surface area (Å²) in [7, 11) is 0. The van der Waals surface area contributed by atoms with Gasteiger partial charge in [0.15, 0.2) is 5.76 Å². The third-order valence-electron chi connectivity index (χ3n) is 5.40. The molecule has 1 aromatic carbocycles. The smallest absolute Gasteiger partial charge is 0.451 e. The highest BCUT2D eigenvalue weighted by atomic mass is 16.8. The summed E-state index contributed by atoms with van der Waals surface area (Å²) in [6, 6.07) is 10.2. The third kappa shape index (κ3) is 6.63. The highest BCUT2D eigenvalue weighted by molar-refractivity contribution is 5.94. The average molecular weight is 468 g/mol. The summed E-state index contributed by atoms with van der Waals surface area (Å²) in [5.74, 6) is 0.500. The molecular weight excluding hydrogens is 430 g/mol. The summed E-state index contributed by atoms with van der Waals surface area (Å²) in [6.07, 6.45) is -1.79. The molecule has 1 unspecified atom stereocenters. The zero-order valence-corrected chi connectivity index (χ0v) is 21.9. The van der Waals surface area contributed by atoms with Gasteiger partial charge in [0, 0.05) is 19.0 Å². The first-order chi connectivity index (χ1) is 15.9. The second-order valence-corrected chi connectivity index (χ2v) is 9.78. The number of carbonyl (C=O) groups excluding carboxylic acids is 1. The fourth-order valence-corrected chi connectivity index (χ4v) is 3.40. The highest BCUT2D eigenvalue weighted by Gasteiger charge is 2.25. The maximum Gasteiger partial charge on any atom is 0.511 e. The van der Waals surface area contributed by atoms with Crippen molar-refractivity contribution in [3.05, 3.63) is 52.3 Å². The number of hydrogen-bond donors (Lipinski definition) is 0. The molecule has 2 rings (SSSR count). The molecule has 34 heavy (non-hydrogen) atoms. The molecule has 0 fully saturated rings. The Morgan fingerprint density at radius 2 is 1.74 bits per heavy atom. The van der Waals surface area contributed by atoms with Gasteiger partial charge in [-0.1, -0.05) is 58.9 Å². The second kappa shape index (κ2) is 11.2. The van der Waals surface area contributed by atoms with E-state index in [1.54, 1.807) is 11.6 Å². The Morgan fingerprint density at radius 3 is 2.24 bits per heavy atom. The minimum atomic E-state index is -0.980. The van der Waals surface area contributed by atoms with Crippen LogP contribution >= 0.6 is 0 Å². The van der Waals surface area contributed by atoms with Crippen LogP contribution < -0.4 is 0 Å². The molecular formula is C27H37N3O4. The van der Waals surface area contributed by atoms with Crippen molar-refractivity contribution in [2.45, 2.75) is 80.6 Å². The number of rotatable bonds is 8. The summed E-state index contributed by atoms with van der Waals surface area (Å²) < 4.78 is 18.3. The standard InChI is InChI=1S/C27H37N3O4/c1-10-30-24(18(4)19(5)29-30)25(33-20(6)34-26(31)32-16-17(2)3)23(15-28)21-11-13-22(14-12-21)27(7,8)9/h11-14,17,20H,10,16H2,1-9H3/b25-23-. The predicted molar refractivity (Wildman–Crippen MR) is 133 cm³/mol. The van der Waals surface area contributed by atoms with Crippen molar-refractivity contribution in [1.29, 1.82) is 5.26 Å². The summed E-state index contributed by atoms with van der Waals surface area (Å²) in [6.45, 7) is 18.6. The zero-order chi connectivity index (χ0) is 25.6. The molecule has 2 aromatic rings. The molecule has 0 bridgehead atoms. The van der Waals surface area contributed by atoms with E-state index in [0.717, 1.165) is 16.8 Å². The first kappa shape index (κ1) is 27.0. The van der Waals surface area contributed by atoms with Crippen LogP contribution in [0.4, 0.5) is 4.79 Å². The van der Waals surface area contributed by atoms with Crippen LogP contribution in [0.2, 0.25) is 0 Å². The lowest BCUT2D eigenvalue weighted by molar-refractivity contribution is -0.0690. The van der Waals surface area contributed by atoms with Crippen LogP contribution in [0.5, 0.6) is 0 Å². The van der Waals surface area contributed by atoms with Gasteiger partial charge in [-0.2, -0.15) is 10.4 Å². The Balaban J connectivity index is 2.55. The van der Waals surface area contributed by atoms with Gasteiger partial charge in [-0.05, 0) is 43.2 Å². The SMILES string of the molecule is CCn1nc(C)c(C)c1/C(OC(C)OC(=O)OCC(C)C)=C(\C#N)c1ccc(C(C)(C)C)cc1. The molecule has 0 aliphatic heterocycles. The fraction of sp³-hybridized carbons (Fsp3) is 0.519. The number of benzene rings is 1. The number of nitrogens with zero attached hydrogens (tertiary/aromatic N) is 3. The number of aromatic nitrogens is 2. The normalized spacial score (nSPS) is 13.2. The van der Waals surface area contributed by atoms with Gasteiger partial charge in [-0.15, -0.1) is 0 Å². The molecule has 7 heteroatoms. The van der Waals surface area contributed by atoms with Gasteiger partial charge < -0.3 is 14.2 Å². The molecule has 0 N–H and O–H groups in total. The molecule has 0 radical (unpaired) electrons. The van der Waals surface area contributed by atoms with Crippen LogP contribution in [0, 0.1) is 31.1 Å². The molecule has 0 spiro atoms. The van der Waals surface area contributed by atoms with Crippen LogP contribution in [0.1, 0.15) is 76.5 Å². The monoisotopic (exact) mass is 467 g/mol. The molecule has 184 valence electrons. The van der Waals surface area contributed by atoms with Crippen molar-refractivity contribution in [2.75, 3.05) is 6.61 Å². The van der Waals surface area contributed by atoms with Gasteiger partial charge in [-0.3, -0.25) is 4.68 Å². The quantitative estimate of drug-likeness (QED) is 0.194. The molecule has 0 aliphatic rings. The molecule has 0 amide bonds. The fourth-order valence-electron chi connectivity index (χ4n) is 3.40.